The van der Waals surface area contributed by atoms with Crippen molar-refractivity contribution in [2.45, 2.75) is 50.4 Å². The first kappa shape index (κ1) is 31.1. The molecule has 1 amide bonds. The molecule has 49 heavy (non-hydrogen) atoms. The third-order valence-corrected chi connectivity index (χ3v) is 10.3. The molecule has 0 unspecified atom stereocenters. The third kappa shape index (κ3) is 5.82. The van der Waals surface area contributed by atoms with Gasteiger partial charge < -0.3 is 29.5 Å². The smallest absolute Gasteiger partial charge is 0.407 e. The van der Waals surface area contributed by atoms with Crippen molar-refractivity contribution in [3.63, 3.8) is 0 Å². The van der Waals surface area contributed by atoms with E-state index in [0.29, 0.717) is 48.8 Å². The Morgan fingerprint density at radius 3 is 2.43 bits per heavy atom. The Morgan fingerprint density at radius 1 is 0.939 bits per heavy atom. The lowest BCUT2D eigenvalue weighted by molar-refractivity contribution is 0.114. The second-order valence-corrected chi connectivity index (χ2v) is 13.3. The average molecular weight is 664 g/mol. The molecular weight excluding hydrogens is 625 g/mol. The van der Waals surface area contributed by atoms with Crippen molar-refractivity contribution in [1.29, 1.82) is 0 Å². The van der Waals surface area contributed by atoms with Gasteiger partial charge in [-0.25, -0.2) is 9.18 Å². The van der Waals surface area contributed by atoms with Gasteiger partial charge in [0, 0.05) is 24.5 Å². The van der Waals surface area contributed by atoms with Crippen LogP contribution in [0.15, 0.2) is 72.8 Å². The summed E-state index contributed by atoms with van der Waals surface area (Å²) in [7, 11) is 2.06. The van der Waals surface area contributed by atoms with Gasteiger partial charge in [0.1, 0.15) is 36.0 Å². The predicted octanol–water partition coefficient (Wildman–Crippen LogP) is 6.68. The average Bonchev–Trinajstić information content (AvgIpc) is 3.65. The molecule has 1 aromatic heterocycles. The van der Waals surface area contributed by atoms with Crippen molar-refractivity contribution in [2.75, 3.05) is 38.2 Å². The molecule has 3 saturated heterocycles. The van der Waals surface area contributed by atoms with Gasteiger partial charge in [0.2, 0.25) is 0 Å². The molecule has 11 heteroatoms. The van der Waals surface area contributed by atoms with Gasteiger partial charge in [-0.1, -0.05) is 54.6 Å². The van der Waals surface area contributed by atoms with Crippen LogP contribution in [-0.4, -0.2) is 87.5 Å². The molecule has 3 aliphatic heterocycles. The van der Waals surface area contributed by atoms with Crippen molar-refractivity contribution < 1.29 is 28.9 Å². The fourth-order valence-electron chi connectivity index (χ4n) is 7.80. The molecule has 4 heterocycles. The van der Waals surface area contributed by atoms with E-state index in [0.717, 1.165) is 48.6 Å². The van der Waals surface area contributed by atoms with Crippen LogP contribution in [0, 0.1) is 5.82 Å². The second kappa shape index (κ2) is 12.7. The number of fused-ring (bicyclic) bond motifs is 4. The van der Waals surface area contributed by atoms with Gasteiger partial charge in [-0.2, -0.15) is 9.97 Å². The van der Waals surface area contributed by atoms with E-state index in [9.17, 15) is 15.0 Å². The van der Waals surface area contributed by atoms with Gasteiger partial charge in [-0.3, -0.25) is 4.90 Å². The Labute approximate surface area is 283 Å². The number of amides is 1. The van der Waals surface area contributed by atoms with Gasteiger partial charge in [-0.15, -0.1) is 0 Å². The molecule has 0 saturated carbocycles. The van der Waals surface area contributed by atoms with Crippen LogP contribution in [0.4, 0.5) is 15.0 Å². The third-order valence-electron chi connectivity index (χ3n) is 10.3. The van der Waals surface area contributed by atoms with Crippen LogP contribution in [0.3, 0.4) is 0 Å². The van der Waals surface area contributed by atoms with E-state index in [-0.39, 0.29) is 41.0 Å². The summed E-state index contributed by atoms with van der Waals surface area (Å²) < 4.78 is 29.5. The highest BCUT2D eigenvalue weighted by Crippen LogP contribution is 2.44. The molecule has 3 aliphatic rings. The zero-order chi connectivity index (χ0) is 33.6. The van der Waals surface area contributed by atoms with E-state index in [1.165, 1.54) is 11.0 Å². The topological polar surface area (TPSA) is 111 Å². The normalized spacial score (nSPS) is 20.7. The fraction of sp³-hybridized carbons (Fsp3) is 0.342. The van der Waals surface area contributed by atoms with Crippen LogP contribution in [0.25, 0.3) is 32.8 Å². The number of ether oxygens (including phenoxy) is 2. The van der Waals surface area contributed by atoms with Crippen LogP contribution >= 0.6 is 0 Å². The number of aromatic hydroxyl groups is 1. The number of piperazine rings is 1. The number of phenols is 1. The first-order valence-electron chi connectivity index (χ1n) is 16.9. The van der Waals surface area contributed by atoms with E-state index in [2.05, 4.69) is 16.9 Å². The lowest BCUT2D eigenvalue weighted by atomic mass is 9.95. The monoisotopic (exact) mass is 663 g/mol. The van der Waals surface area contributed by atoms with Crippen molar-refractivity contribution in [3.8, 4) is 28.6 Å². The maximum Gasteiger partial charge on any atom is 0.407 e. The first-order chi connectivity index (χ1) is 23.8. The van der Waals surface area contributed by atoms with Crippen LogP contribution in [0.2, 0.25) is 0 Å². The van der Waals surface area contributed by atoms with Crippen molar-refractivity contribution in [1.82, 2.24) is 19.8 Å². The minimum atomic E-state index is -0.931. The molecule has 3 fully saturated rings. The Morgan fingerprint density at radius 2 is 1.69 bits per heavy atom. The summed E-state index contributed by atoms with van der Waals surface area (Å²) in [5.41, 5.74) is 1.51. The Bertz CT molecular complexity index is 2030. The standard InChI is InChI=1S/C38H38FN5O5/c1-42-15-7-11-27(42)22-49-37-40-35-31(36(41-37)43-19-25-13-14-26(20-43)44(25)38(46)47)18-32(45)33(34(35)39)30-17-28(16-24-10-5-6-12-29(24)30)48-21-23-8-3-2-4-9-23/h2-6,8-10,12,16-18,25-27,45H,7,11,13-15,19-22H2,1H3,(H,46,47)/t25-,26+,27-/m0/s1. The zero-order valence-electron chi connectivity index (χ0n) is 27.3. The van der Waals surface area contributed by atoms with E-state index < -0.39 is 11.9 Å². The van der Waals surface area contributed by atoms with Gasteiger partial charge in [0.15, 0.2) is 5.82 Å². The summed E-state index contributed by atoms with van der Waals surface area (Å²) in [4.78, 5) is 27.2. The number of carboxylic acid groups (broad SMARTS) is 1. The Balaban J connectivity index is 1.24. The molecule has 3 atom stereocenters. The molecule has 4 aromatic carbocycles. The van der Waals surface area contributed by atoms with Crippen molar-refractivity contribution in [2.24, 2.45) is 0 Å². The number of nitrogens with zero attached hydrogens (tertiary/aromatic N) is 5. The number of likely N-dealkylation sites (tertiary alicyclic amines) is 1. The number of rotatable bonds is 8. The van der Waals surface area contributed by atoms with Crippen LogP contribution in [0.5, 0.6) is 17.5 Å². The number of halogens is 1. The number of benzene rings is 4. The number of hydrogen-bond acceptors (Lipinski definition) is 8. The predicted molar refractivity (Wildman–Crippen MR) is 185 cm³/mol. The number of likely N-dealkylation sites (N-methyl/N-ethyl adjacent to an activating group) is 1. The minimum absolute atomic E-state index is 0.00996. The number of hydrogen-bond donors (Lipinski definition) is 2. The summed E-state index contributed by atoms with van der Waals surface area (Å²) in [6.45, 7) is 2.46. The summed E-state index contributed by atoms with van der Waals surface area (Å²) in [5.74, 6) is 0.0103. The van der Waals surface area contributed by atoms with E-state index in [1.807, 2.05) is 65.6 Å². The Kier molecular flexibility index (Phi) is 8.07. The molecule has 0 aliphatic carbocycles. The van der Waals surface area contributed by atoms with Gasteiger partial charge in [-0.05, 0) is 79.4 Å². The van der Waals surface area contributed by atoms with Crippen LogP contribution in [0.1, 0.15) is 31.2 Å². The van der Waals surface area contributed by atoms with Crippen molar-refractivity contribution in [3.05, 3.63) is 84.2 Å². The SMILES string of the molecule is CN1CCC[C@H]1COc1nc(N2C[C@H]3CC[C@@H](C2)N3C(=O)O)c2cc(O)c(-c3cc(OCc4ccccc4)cc4ccccc34)c(F)c2n1. The highest BCUT2D eigenvalue weighted by molar-refractivity contribution is 6.03. The number of phenolic OH excluding ortho intramolecular Hbond substituents is 1. The Hall–Kier alpha value is -5.16. The zero-order valence-corrected chi connectivity index (χ0v) is 27.3. The van der Waals surface area contributed by atoms with E-state index in [4.69, 9.17) is 14.5 Å². The van der Waals surface area contributed by atoms with Gasteiger partial charge in [0.25, 0.3) is 0 Å². The molecule has 0 spiro atoms. The highest BCUT2D eigenvalue weighted by atomic mass is 19.1. The van der Waals surface area contributed by atoms with Crippen LogP contribution < -0.4 is 14.4 Å². The molecule has 5 aromatic rings. The lowest BCUT2D eigenvalue weighted by Crippen LogP contribution is -2.55. The first-order valence-corrected chi connectivity index (χ1v) is 16.9. The van der Waals surface area contributed by atoms with Crippen molar-refractivity contribution >= 4 is 33.6 Å². The highest BCUT2D eigenvalue weighted by Gasteiger charge is 2.43. The summed E-state index contributed by atoms with van der Waals surface area (Å²) in [5, 5.41) is 23.4. The summed E-state index contributed by atoms with van der Waals surface area (Å²) >= 11 is 0. The molecular formula is C38H38FN5O5. The van der Waals surface area contributed by atoms with Gasteiger partial charge in [0.05, 0.1) is 17.6 Å². The summed E-state index contributed by atoms with van der Waals surface area (Å²) in [6, 6.07) is 22.4. The molecule has 0 radical (unpaired) electrons. The van der Waals surface area contributed by atoms with Gasteiger partial charge >= 0.3 is 12.1 Å². The van der Waals surface area contributed by atoms with Crippen LogP contribution in [-0.2, 0) is 6.61 Å². The molecule has 252 valence electrons. The molecule has 2 N–H and O–H groups in total. The number of aromatic nitrogens is 2. The number of carbonyl (C=O) groups is 1. The van der Waals surface area contributed by atoms with E-state index >= 15 is 4.39 Å². The molecule has 2 bridgehead atoms. The lowest BCUT2D eigenvalue weighted by Gasteiger charge is -2.40. The second-order valence-electron chi connectivity index (χ2n) is 13.3. The van der Waals surface area contributed by atoms with E-state index in [1.54, 1.807) is 6.07 Å². The summed E-state index contributed by atoms with van der Waals surface area (Å²) in [6.07, 6.45) is 2.62. The minimum Gasteiger partial charge on any atom is -0.507 e. The quantitative estimate of drug-likeness (QED) is 0.188. The maximum absolute atomic E-state index is 17.1. The fourth-order valence-corrected chi connectivity index (χ4v) is 7.80. The maximum atomic E-state index is 17.1. The largest absolute Gasteiger partial charge is 0.507 e. The molecule has 8 rings (SSSR count). The molecule has 10 nitrogen and oxygen atoms in total. The number of anilines is 1.